The molecule has 1 aliphatic carbocycles. The topological polar surface area (TPSA) is 80.8 Å². The van der Waals surface area contributed by atoms with Crippen molar-refractivity contribution in [2.75, 3.05) is 19.0 Å². The molecule has 4 rings (SSSR count). The van der Waals surface area contributed by atoms with E-state index in [2.05, 4.69) is 10.3 Å². The third-order valence-corrected chi connectivity index (χ3v) is 6.16. The number of hydrogen-bond donors (Lipinski definition) is 1. The standard InChI is InChI=1S/C24H28ClN3O4/c25-14-22(29)28(15-19-16-31-20-8-4-5-9-21(20)32-19)23(17-10-12-26-13-11-17)24(30)27-18-6-2-1-3-7-18/h4-5,8-13,18-19,23H,1-3,6-7,14-16H2,(H,27,30). The Bertz CT molecular complexity index is 920. The van der Waals surface area contributed by atoms with Crippen molar-refractivity contribution in [2.24, 2.45) is 0 Å². The second-order valence-electron chi connectivity index (χ2n) is 8.20. The Balaban J connectivity index is 1.57. The molecule has 2 atom stereocenters. The van der Waals surface area contributed by atoms with Gasteiger partial charge in [-0.25, -0.2) is 0 Å². The maximum atomic E-state index is 13.5. The maximum Gasteiger partial charge on any atom is 0.247 e. The third-order valence-electron chi connectivity index (χ3n) is 5.94. The van der Waals surface area contributed by atoms with Crippen LogP contribution < -0.4 is 14.8 Å². The fourth-order valence-corrected chi connectivity index (χ4v) is 4.50. The molecule has 0 radical (unpaired) electrons. The van der Waals surface area contributed by atoms with Crippen molar-refractivity contribution in [2.45, 2.75) is 50.3 Å². The van der Waals surface area contributed by atoms with Crippen LogP contribution >= 0.6 is 11.6 Å². The molecule has 170 valence electrons. The molecule has 8 heteroatoms. The largest absolute Gasteiger partial charge is 0.486 e. The summed E-state index contributed by atoms with van der Waals surface area (Å²) >= 11 is 5.97. The molecule has 32 heavy (non-hydrogen) atoms. The molecule has 1 saturated carbocycles. The van der Waals surface area contributed by atoms with Gasteiger partial charge in [0.1, 0.15) is 18.5 Å². The number of nitrogens with one attached hydrogen (secondary N) is 1. The monoisotopic (exact) mass is 457 g/mol. The lowest BCUT2D eigenvalue weighted by molar-refractivity contribution is -0.141. The van der Waals surface area contributed by atoms with Crippen LogP contribution in [0.4, 0.5) is 0 Å². The third kappa shape index (κ3) is 5.33. The van der Waals surface area contributed by atoms with Crippen molar-refractivity contribution in [1.82, 2.24) is 15.2 Å². The van der Waals surface area contributed by atoms with E-state index >= 15 is 0 Å². The van der Waals surface area contributed by atoms with Crippen LogP contribution in [0.3, 0.4) is 0 Å². The number of carbonyl (C=O) groups excluding carboxylic acids is 2. The zero-order valence-electron chi connectivity index (χ0n) is 17.9. The number of rotatable bonds is 7. The fourth-order valence-electron chi connectivity index (χ4n) is 4.35. The molecule has 2 aliphatic rings. The van der Waals surface area contributed by atoms with Gasteiger partial charge in [0, 0.05) is 18.4 Å². The van der Waals surface area contributed by atoms with E-state index in [1.54, 1.807) is 24.5 Å². The highest BCUT2D eigenvalue weighted by Gasteiger charge is 2.35. The molecule has 1 N–H and O–H groups in total. The van der Waals surface area contributed by atoms with Crippen LogP contribution in [0.2, 0.25) is 0 Å². The summed E-state index contributed by atoms with van der Waals surface area (Å²) in [5.74, 6) is 0.505. The first-order valence-electron chi connectivity index (χ1n) is 11.1. The number of alkyl halides is 1. The van der Waals surface area contributed by atoms with Crippen LogP contribution in [-0.4, -0.2) is 52.9 Å². The van der Waals surface area contributed by atoms with E-state index in [4.69, 9.17) is 21.1 Å². The van der Waals surface area contributed by atoms with Crippen LogP contribution in [-0.2, 0) is 9.59 Å². The van der Waals surface area contributed by atoms with Gasteiger partial charge in [0.2, 0.25) is 11.8 Å². The molecule has 0 spiro atoms. The van der Waals surface area contributed by atoms with Crippen LogP contribution in [0.15, 0.2) is 48.8 Å². The summed E-state index contributed by atoms with van der Waals surface area (Å²) in [5.41, 5.74) is 0.684. The molecule has 0 saturated heterocycles. The lowest BCUT2D eigenvalue weighted by atomic mass is 9.94. The van der Waals surface area contributed by atoms with Crippen molar-refractivity contribution in [3.8, 4) is 11.5 Å². The molecule has 1 aliphatic heterocycles. The Kier molecular flexibility index (Phi) is 7.47. The zero-order valence-corrected chi connectivity index (χ0v) is 18.7. The Morgan fingerprint density at radius 1 is 1.09 bits per heavy atom. The number of carbonyl (C=O) groups is 2. The highest BCUT2D eigenvalue weighted by Crippen LogP contribution is 2.32. The van der Waals surface area contributed by atoms with Crippen molar-refractivity contribution >= 4 is 23.4 Å². The van der Waals surface area contributed by atoms with Crippen molar-refractivity contribution in [1.29, 1.82) is 0 Å². The summed E-state index contributed by atoms with van der Waals surface area (Å²) in [5, 5.41) is 3.16. The number of benzene rings is 1. The number of nitrogens with zero attached hydrogens (tertiary/aromatic N) is 2. The average Bonchev–Trinajstić information content (AvgIpc) is 2.84. The second-order valence-corrected chi connectivity index (χ2v) is 8.47. The summed E-state index contributed by atoms with van der Waals surface area (Å²) < 4.78 is 11.9. The maximum absolute atomic E-state index is 13.5. The van der Waals surface area contributed by atoms with Gasteiger partial charge in [-0.15, -0.1) is 11.6 Å². The van der Waals surface area contributed by atoms with Crippen molar-refractivity contribution in [3.05, 3.63) is 54.4 Å². The number of ether oxygens (including phenoxy) is 2. The number of para-hydroxylation sites is 2. The molecule has 0 bridgehead atoms. The molecule has 1 aromatic carbocycles. The van der Waals surface area contributed by atoms with Crippen LogP contribution in [0.5, 0.6) is 11.5 Å². The Hall–Kier alpha value is -2.80. The molecule has 2 unspecified atom stereocenters. The van der Waals surface area contributed by atoms with Crippen molar-refractivity contribution < 1.29 is 19.1 Å². The Labute approximate surface area is 193 Å². The van der Waals surface area contributed by atoms with Crippen molar-refractivity contribution in [3.63, 3.8) is 0 Å². The highest BCUT2D eigenvalue weighted by molar-refractivity contribution is 6.27. The second kappa shape index (κ2) is 10.7. The van der Waals surface area contributed by atoms with Gasteiger partial charge >= 0.3 is 0 Å². The predicted molar refractivity (Wildman–Crippen MR) is 121 cm³/mol. The molecule has 1 aromatic heterocycles. The first-order valence-corrected chi connectivity index (χ1v) is 11.6. The molecule has 7 nitrogen and oxygen atoms in total. The SMILES string of the molecule is O=C(NC1CCCCC1)C(c1ccncc1)N(CC1COc2ccccc2O1)C(=O)CCl. The van der Waals surface area contributed by atoms with Crippen LogP contribution in [0.25, 0.3) is 0 Å². The summed E-state index contributed by atoms with van der Waals surface area (Å²) in [4.78, 5) is 32.0. The first-order chi connectivity index (χ1) is 15.7. The number of hydrogen-bond acceptors (Lipinski definition) is 5. The fraction of sp³-hybridized carbons (Fsp3) is 0.458. The van der Waals surface area contributed by atoms with Gasteiger partial charge in [-0.05, 0) is 42.7 Å². The van der Waals surface area contributed by atoms with Gasteiger partial charge in [-0.2, -0.15) is 0 Å². The van der Waals surface area contributed by atoms with Gasteiger partial charge < -0.3 is 19.7 Å². The zero-order chi connectivity index (χ0) is 22.3. The number of halogens is 1. The summed E-state index contributed by atoms with van der Waals surface area (Å²) in [6, 6.07) is 10.2. The van der Waals surface area contributed by atoms with Gasteiger partial charge in [-0.1, -0.05) is 31.4 Å². The van der Waals surface area contributed by atoms with E-state index in [-0.39, 0.29) is 36.9 Å². The molecular formula is C24H28ClN3O4. The lowest BCUT2D eigenvalue weighted by Crippen LogP contribution is -2.51. The summed E-state index contributed by atoms with van der Waals surface area (Å²) in [6.45, 7) is 0.446. The first kappa shape index (κ1) is 22.4. The van der Waals surface area contributed by atoms with Crippen LogP contribution in [0.1, 0.15) is 43.7 Å². The number of amides is 2. The molecule has 2 heterocycles. The molecular weight excluding hydrogens is 430 g/mol. The Morgan fingerprint density at radius 3 is 2.53 bits per heavy atom. The minimum absolute atomic E-state index is 0.120. The van der Waals surface area contributed by atoms with E-state index in [1.165, 1.54) is 11.3 Å². The van der Waals surface area contributed by atoms with E-state index in [0.29, 0.717) is 17.1 Å². The minimum atomic E-state index is -0.827. The van der Waals surface area contributed by atoms with Gasteiger partial charge in [0.25, 0.3) is 0 Å². The normalized spacial score (nSPS) is 19.1. The lowest BCUT2D eigenvalue weighted by Gasteiger charge is -2.36. The number of aromatic nitrogens is 1. The van der Waals surface area contributed by atoms with E-state index < -0.39 is 12.1 Å². The average molecular weight is 458 g/mol. The van der Waals surface area contributed by atoms with E-state index in [1.807, 2.05) is 24.3 Å². The number of pyridine rings is 1. The van der Waals surface area contributed by atoms with Gasteiger partial charge in [-0.3, -0.25) is 14.6 Å². The smallest absolute Gasteiger partial charge is 0.247 e. The van der Waals surface area contributed by atoms with E-state index in [0.717, 1.165) is 25.7 Å². The highest BCUT2D eigenvalue weighted by atomic mass is 35.5. The van der Waals surface area contributed by atoms with Crippen LogP contribution in [0, 0.1) is 0 Å². The summed E-state index contributed by atoms with van der Waals surface area (Å²) in [7, 11) is 0. The number of fused-ring (bicyclic) bond motifs is 1. The van der Waals surface area contributed by atoms with Gasteiger partial charge in [0.15, 0.2) is 17.6 Å². The van der Waals surface area contributed by atoms with Gasteiger partial charge in [0.05, 0.1) is 6.54 Å². The summed E-state index contributed by atoms with van der Waals surface area (Å²) in [6.07, 6.45) is 8.11. The minimum Gasteiger partial charge on any atom is -0.486 e. The Morgan fingerprint density at radius 2 is 1.81 bits per heavy atom. The predicted octanol–water partition coefficient (Wildman–Crippen LogP) is 3.48. The quantitative estimate of drug-likeness (QED) is 0.644. The molecule has 2 aromatic rings. The van der Waals surface area contributed by atoms with E-state index in [9.17, 15) is 9.59 Å². The molecule has 1 fully saturated rings. The molecule has 2 amide bonds.